The normalized spacial score (nSPS) is 16.3. The first-order valence-electron chi connectivity index (χ1n) is 9.19. The number of likely N-dealkylation sites (tertiary alicyclic amines) is 1. The maximum atomic E-state index is 13.2. The quantitative estimate of drug-likeness (QED) is 0.623. The molecule has 0 spiro atoms. The molecule has 136 valence electrons. The number of nitrogens with zero attached hydrogens (tertiary/aromatic N) is 1. The van der Waals surface area contributed by atoms with E-state index in [1.807, 2.05) is 47.4 Å². The Bertz CT molecular complexity index is 907. The van der Waals surface area contributed by atoms with Crippen LogP contribution in [0.1, 0.15) is 24.4 Å². The molecule has 1 N–H and O–H groups in total. The van der Waals surface area contributed by atoms with E-state index in [0.29, 0.717) is 6.54 Å². The summed E-state index contributed by atoms with van der Waals surface area (Å²) in [6.07, 6.45) is 1.84. The number of benzene rings is 3. The molecule has 1 saturated heterocycles. The highest BCUT2D eigenvalue weighted by atomic mass is 19.1. The maximum Gasteiger partial charge on any atom is 0.322 e. The van der Waals surface area contributed by atoms with Crippen molar-refractivity contribution in [2.45, 2.75) is 18.9 Å². The van der Waals surface area contributed by atoms with E-state index >= 15 is 0 Å². The summed E-state index contributed by atoms with van der Waals surface area (Å²) in [5, 5.41) is 2.99. The zero-order valence-electron chi connectivity index (χ0n) is 14.9. The van der Waals surface area contributed by atoms with Crippen LogP contribution in [0.4, 0.5) is 14.9 Å². The predicted octanol–water partition coefficient (Wildman–Crippen LogP) is 5.86. The van der Waals surface area contributed by atoms with Crippen LogP contribution in [0.5, 0.6) is 0 Å². The third kappa shape index (κ3) is 3.85. The van der Waals surface area contributed by atoms with Gasteiger partial charge in [-0.2, -0.15) is 0 Å². The molecule has 1 heterocycles. The van der Waals surface area contributed by atoms with Crippen molar-refractivity contribution in [2.75, 3.05) is 11.9 Å². The van der Waals surface area contributed by atoms with Gasteiger partial charge in [0.15, 0.2) is 0 Å². The Morgan fingerprint density at radius 2 is 1.56 bits per heavy atom. The topological polar surface area (TPSA) is 32.3 Å². The van der Waals surface area contributed by atoms with E-state index in [1.165, 1.54) is 12.1 Å². The number of carbonyl (C=O) groups excluding carboxylic acids is 1. The molecule has 3 aromatic rings. The molecule has 4 heteroatoms. The number of hydrogen-bond donors (Lipinski definition) is 1. The molecule has 1 atom stereocenters. The van der Waals surface area contributed by atoms with Gasteiger partial charge >= 0.3 is 6.03 Å². The van der Waals surface area contributed by atoms with Crippen LogP contribution in [0.3, 0.4) is 0 Å². The zero-order chi connectivity index (χ0) is 18.6. The minimum atomic E-state index is -0.258. The molecule has 0 radical (unpaired) electrons. The minimum absolute atomic E-state index is 0.00538. The Morgan fingerprint density at radius 3 is 2.26 bits per heavy atom. The summed E-state index contributed by atoms with van der Waals surface area (Å²) in [7, 11) is 0. The number of anilines is 1. The molecule has 1 fully saturated rings. The summed E-state index contributed by atoms with van der Waals surface area (Å²) < 4.78 is 13.2. The van der Waals surface area contributed by atoms with Gasteiger partial charge in [0.1, 0.15) is 5.82 Å². The average molecular weight is 360 g/mol. The fourth-order valence-corrected chi connectivity index (χ4v) is 3.61. The van der Waals surface area contributed by atoms with E-state index in [2.05, 4.69) is 17.4 Å². The van der Waals surface area contributed by atoms with E-state index in [1.54, 1.807) is 12.1 Å². The van der Waals surface area contributed by atoms with Crippen molar-refractivity contribution in [3.8, 4) is 11.1 Å². The Morgan fingerprint density at radius 1 is 0.889 bits per heavy atom. The third-order valence-electron chi connectivity index (χ3n) is 5.01. The molecule has 3 aromatic carbocycles. The molecule has 0 aliphatic carbocycles. The summed E-state index contributed by atoms with van der Waals surface area (Å²) in [6, 6.07) is 24.3. The van der Waals surface area contributed by atoms with E-state index in [0.717, 1.165) is 35.2 Å². The fourth-order valence-electron chi connectivity index (χ4n) is 3.61. The van der Waals surface area contributed by atoms with E-state index in [-0.39, 0.29) is 17.9 Å². The number of rotatable bonds is 3. The van der Waals surface area contributed by atoms with Gasteiger partial charge in [-0.3, -0.25) is 0 Å². The van der Waals surface area contributed by atoms with Gasteiger partial charge < -0.3 is 10.2 Å². The van der Waals surface area contributed by atoms with E-state index in [9.17, 15) is 9.18 Å². The lowest BCUT2D eigenvalue weighted by atomic mass is 10.0. The number of hydrogen-bond acceptors (Lipinski definition) is 1. The summed E-state index contributed by atoms with van der Waals surface area (Å²) in [4.78, 5) is 14.6. The lowest BCUT2D eigenvalue weighted by Gasteiger charge is -2.25. The van der Waals surface area contributed by atoms with Crippen molar-refractivity contribution in [1.82, 2.24) is 4.90 Å². The van der Waals surface area contributed by atoms with Crippen molar-refractivity contribution in [3.63, 3.8) is 0 Å². The van der Waals surface area contributed by atoms with Crippen LogP contribution < -0.4 is 5.32 Å². The van der Waals surface area contributed by atoms with Crippen molar-refractivity contribution in [1.29, 1.82) is 0 Å². The zero-order valence-corrected chi connectivity index (χ0v) is 14.9. The molecule has 2 amide bonds. The van der Waals surface area contributed by atoms with Crippen LogP contribution in [0.2, 0.25) is 0 Å². The van der Waals surface area contributed by atoms with Gasteiger partial charge in [-0.15, -0.1) is 0 Å². The second-order valence-corrected chi connectivity index (χ2v) is 6.78. The molecule has 4 rings (SSSR count). The molecule has 0 aromatic heterocycles. The molecule has 27 heavy (non-hydrogen) atoms. The Labute approximate surface area is 158 Å². The molecular weight excluding hydrogens is 339 g/mol. The molecular formula is C23H21FN2O. The van der Waals surface area contributed by atoms with Crippen molar-refractivity contribution in [3.05, 3.63) is 90.2 Å². The SMILES string of the molecule is O=C(Nc1ccc(-c2ccccc2)cc1)N1CCC[C@@H]1c1ccc(F)cc1. The Kier molecular flexibility index (Phi) is 4.88. The van der Waals surface area contributed by atoms with Crippen LogP contribution in [0.15, 0.2) is 78.9 Å². The number of carbonyl (C=O) groups is 1. The second kappa shape index (κ2) is 7.62. The van der Waals surface area contributed by atoms with Gasteiger partial charge in [0, 0.05) is 12.2 Å². The molecule has 0 saturated carbocycles. The first kappa shape index (κ1) is 17.3. The highest BCUT2D eigenvalue weighted by molar-refractivity contribution is 5.90. The van der Waals surface area contributed by atoms with Crippen molar-refractivity contribution >= 4 is 11.7 Å². The highest BCUT2D eigenvalue weighted by Crippen LogP contribution is 2.32. The summed E-state index contributed by atoms with van der Waals surface area (Å²) in [5.74, 6) is -0.258. The molecule has 1 aliphatic rings. The fraction of sp³-hybridized carbons (Fsp3) is 0.174. The van der Waals surface area contributed by atoms with Crippen LogP contribution >= 0.6 is 0 Å². The molecule has 3 nitrogen and oxygen atoms in total. The average Bonchev–Trinajstić information content (AvgIpc) is 3.20. The van der Waals surface area contributed by atoms with Gasteiger partial charge in [0.05, 0.1) is 6.04 Å². The van der Waals surface area contributed by atoms with Crippen LogP contribution in [0, 0.1) is 5.82 Å². The van der Waals surface area contributed by atoms with E-state index < -0.39 is 0 Å². The summed E-state index contributed by atoms with van der Waals surface area (Å²) in [6.45, 7) is 0.704. The van der Waals surface area contributed by atoms with Gasteiger partial charge in [-0.05, 0) is 53.8 Å². The van der Waals surface area contributed by atoms with Crippen molar-refractivity contribution in [2.24, 2.45) is 0 Å². The Hall–Kier alpha value is -3.14. The lowest BCUT2D eigenvalue weighted by Crippen LogP contribution is -2.34. The molecule has 0 unspecified atom stereocenters. The van der Waals surface area contributed by atoms with Crippen molar-refractivity contribution < 1.29 is 9.18 Å². The molecule has 1 aliphatic heterocycles. The summed E-state index contributed by atoms with van der Waals surface area (Å²) >= 11 is 0. The smallest absolute Gasteiger partial charge is 0.317 e. The van der Waals surface area contributed by atoms with Gasteiger partial charge in [-0.1, -0.05) is 54.6 Å². The highest BCUT2D eigenvalue weighted by Gasteiger charge is 2.30. The number of halogens is 1. The number of urea groups is 1. The predicted molar refractivity (Wildman–Crippen MR) is 106 cm³/mol. The largest absolute Gasteiger partial charge is 0.322 e. The third-order valence-corrected chi connectivity index (χ3v) is 5.01. The second-order valence-electron chi connectivity index (χ2n) is 6.78. The van der Waals surface area contributed by atoms with Crippen LogP contribution in [0.25, 0.3) is 11.1 Å². The van der Waals surface area contributed by atoms with E-state index in [4.69, 9.17) is 0 Å². The van der Waals surface area contributed by atoms with Gasteiger partial charge in [-0.25, -0.2) is 9.18 Å². The Balaban J connectivity index is 1.46. The molecule has 0 bridgehead atoms. The van der Waals surface area contributed by atoms with Crippen LogP contribution in [-0.4, -0.2) is 17.5 Å². The number of amides is 2. The lowest BCUT2D eigenvalue weighted by molar-refractivity contribution is 0.207. The maximum absolute atomic E-state index is 13.2. The first-order chi connectivity index (χ1) is 13.2. The van der Waals surface area contributed by atoms with Gasteiger partial charge in [0.2, 0.25) is 0 Å². The number of nitrogens with one attached hydrogen (secondary N) is 1. The monoisotopic (exact) mass is 360 g/mol. The first-order valence-corrected chi connectivity index (χ1v) is 9.19. The van der Waals surface area contributed by atoms with Crippen LogP contribution in [-0.2, 0) is 0 Å². The minimum Gasteiger partial charge on any atom is -0.317 e. The van der Waals surface area contributed by atoms with Gasteiger partial charge in [0.25, 0.3) is 0 Å². The standard InChI is InChI=1S/C23H21FN2O/c24-20-12-8-19(9-13-20)22-7-4-16-26(22)23(27)25-21-14-10-18(11-15-21)17-5-2-1-3-6-17/h1-3,5-6,8-15,22H,4,7,16H2,(H,25,27)/t22-/m1/s1. The summed E-state index contributed by atoms with van der Waals surface area (Å²) in [5.41, 5.74) is 4.00.